The molecule has 29 heavy (non-hydrogen) atoms. The molecule has 1 aliphatic carbocycles. The van der Waals surface area contributed by atoms with Gasteiger partial charge >= 0.3 is 18.0 Å². The lowest BCUT2D eigenvalue weighted by Crippen LogP contribution is -2.50. The number of aryl methyl sites for hydroxylation is 1. The monoisotopic (exact) mass is 417 g/mol. The molecule has 1 aliphatic heterocycles. The van der Waals surface area contributed by atoms with Gasteiger partial charge in [0.25, 0.3) is 0 Å². The molecule has 0 amide bonds. The van der Waals surface area contributed by atoms with Crippen LogP contribution in [-0.2, 0) is 12.1 Å². The van der Waals surface area contributed by atoms with Gasteiger partial charge in [0.15, 0.2) is 0 Å². The lowest BCUT2D eigenvalue weighted by Gasteiger charge is -2.36. The van der Waals surface area contributed by atoms with Gasteiger partial charge in [-0.05, 0) is 42.5 Å². The molecule has 1 nitrogen and oxygen atoms in total. The normalized spacial score (nSPS) is 22.4. The topological polar surface area (TPSA) is 3.24 Å². The van der Waals surface area contributed by atoms with E-state index < -0.39 is 23.6 Å². The molecule has 0 aromatic heterocycles. The van der Waals surface area contributed by atoms with Gasteiger partial charge in [0.1, 0.15) is 0 Å². The van der Waals surface area contributed by atoms with Crippen molar-refractivity contribution in [2.45, 2.75) is 49.2 Å². The maximum absolute atomic E-state index is 14.4. The molecule has 1 unspecified atom stereocenters. The van der Waals surface area contributed by atoms with Gasteiger partial charge in [-0.3, -0.25) is 0 Å². The zero-order valence-corrected chi connectivity index (χ0v) is 15.2. The number of hydrogen-bond donors (Lipinski definition) is 0. The number of benzene rings is 2. The van der Waals surface area contributed by atoms with Crippen LogP contribution in [0.5, 0.6) is 0 Å². The number of rotatable bonds is 2. The molecule has 0 saturated carbocycles. The van der Waals surface area contributed by atoms with Crippen LogP contribution in [0.3, 0.4) is 0 Å². The summed E-state index contributed by atoms with van der Waals surface area (Å²) >= 11 is 0. The second kappa shape index (κ2) is 6.64. The van der Waals surface area contributed by atoms with Crippen LogP contribution in [0.1, 0.15) is 35.4 Å². The molecule has 1 fully saturated rings. The van der Waals surface area contributed by atoms with E-state index >= 15 is 0 Å². The van der Waals surface area contributed by atoms with Gasteiger partial charge in [-0.1, -0.05) is 36.4 Å². The summed E-state index contributed by atoms with van der Waals surface area (Å²) in [7, 11) is 0. The number of fused-ring (bicyclic) bond motifs is 3. The van der Waals surface area contributed by atoms with Crippen LogP contribution in [-0.4, -0.2) is 24.9 Å². The molecule has 1 heterocycles. The summed E-state index contributed by atoms with van der Waals surface area (Å²) in [6, 6.07) is 12.5. The number of alkyl halides is 7. The SMILES string of the molecule is FC(F)(F)C(F)(c1ccc2c(c1)CCC1[C@H]2CCN1c1ccccc1)C(F)(F)F. The average molecular weight is 417 g/mol. The Morgan fingerprint density at radius 3 is 2.07 bits per heavy atom. The minimum Gasteiger partial charge on any atom is -0.368 e. The average Bonchev–Trinajstić information content (AvgIpc) is 3.10. The summed E-state index contributed by atoms with van der Waals surface area (Å²) in [6.07, 6.45) is -10.5. The molecule has 8 heteroatoms. The highest BCUT2D eigenvalue weighted by Crippen LogP contribution is 2.54. The van der Waals surface area contributed by atoms with Crippen LogP contribution in [0, 0.1) is 0 Å². The van der Waals surface area contributed by atoms with Gasteiger partial charge in [-0.15, -0.1) is 0 Å². The van der Waals surface area contributed by atoms with Gasteiger partial charge in [-0.2, -0.15) is 26.3 Å². The summed E-state index contributed by atoms with van der Waals surface area (Å²) in [6.45, 7) is 0.749. The van der Waals surface area contributed by atoms with Crippen LogP contribution < -0.4 is 4.90 Å². The number of halogens is 7. The number of nitrogens with zero attached hydrogens (tertiary/aromatic N) is 1. The van der Waals surface area contributed by atoms with E-state index in [-0.39, 0.29) is 12.0 Å². The highest BCUT2D eigenvalue weighted by atomic mass is 19.4. The summed E-state index contributed by atoms with van der Waals surface area (Å²) < 4.78 is 92.8. The summed E-state index contributed by atoms with van der Waals surface area (Å²) in [5.41, 5.74) is -4.65. The van der Waals surface area contributed by atoms with Crippen molar-refractivity contribution < 1.29 is 30.7 Å². The lowest BCUT2D eigenvalue weighted by atomic mass is 9.77. The molecule has 0 spiro atoms. The Hall–Kier alpha value is -2.25. The molecule has 0 N–H and O–H groups in total. The minimum atomic E-state index is -6.09. The second-order valence-electron chi connectivity index (χ2n) is 7.60. The Morgan fingerprint density at radius 1 is 0.793 bits per heavy atom. The predicted octanol–water partition coefficient (Wildman–Crippen LogP) is 6.28. The van der Waals surface area contributed by atoms with E-state index in [1.807, 2.05) is 30.3 Å². The zero-order chi connectivity index (χ0) is 21.0. The number of para-hydroxylation sites is 1. The van der Waals surface area contributed by atoms with E-state index in [0.29, 0.717) is 24.5 Å². The molecule has 2 aromatic carbocycles. The van der Waals surface area contributed by atoms with Crippen molar-refractivity contribution >= 4 is 5.69 Å². The Morgan fingerprint density at radius 2 is 1.45 bits per heavy atom. The van der Waals surface area contributed by atoms with Crippen molar-refractivity contribution in [2.75, 3.05) is 11.4 Å². The summed E-state index contributed by atoms with van der Waals surface area (Å²) in [4.78, 5) is 2.23. The van der Waals surface area contributed by atoms with Crippen molar-refractivity contribution in [2.24, 2.45) is 0 Å². The third-order valence-corrected chi connectivity index (χ3v) is 6.06. The molecular weight excluding hydrogens is 399 g/mol. The van der Waals surface area contributed by atoms with Crippen molar-refractivity contribution in [3.05, 3.63) is 65.2 Å². The number of anilines is 1. The third-order valence-electron chi connectivity index (χ3n) is 6.06. The molecule has 0 radical (unpaired) electrons. The highest BCUT2D eigenvalue weighted by molar-refractivity contribution is 5.52. The van der Waals surface area contributed by atoms with Gasteiger partial charge in [0.2, 0.25) is 0 Å². The molecule has 1 saturated heterocycles. The fourth-order valence-corrected chi connectivity index (χ4v) is 4.70. The Kier molecular flexibility index (Phi) is 4.59. The summed E-state index contributed by atoms with van der Waals surface area (Å²) in [5.74, 6) is -0.00112. The first-order chi connectivity index (χ1) is 13.5. The van der Waals surface area contributed by atoms with Crippen molar-refractivity contribution in [3.63, 3.8) is 0 Å². The van der Waals surface area contributed by atoms with Crippen LogP contribution in [0.15, 0.2) is 48.5 Å². The van der Waals surface area contributed by atoms with E-state index in [0.717, 1.165) is 30.3 Å². The number of hydrogen-bond acceptors (Lipinski definition) is 1. The van der Waals surface area contributed by atoms with Crippen molar-refractivity contribution in [3.8, 4) is 0 Å². The van der Waals surface area contributed by atoms with Crippen LogP contribution in [0.2, 0.25) is 0 Å². The van der Waals surface area contributed by atoms with Gasteiger partial charge < -0.3 is 4.90 Å². The largest absolute Gasteiger partial charge is 0.435 e. The van der Waals surface area contributed by atoms with E-state index in [1.165, 1.54) is 6.07 Å². The Balaban J connectivity index is 1.69. The Labute approximate surface area is 163 Å². The zero-order valence-electron chi connectivity index (χ0n) is 15.2. The predicted molar refractivity (Wildman–Crippen MR) is 94.6 cm³/mol. The molecule has 2 aliphatic rings. The smallest absolute Gasteiger partial charge is 0.368 e. The van der Waals surface area contributed by atoms with E-state index in [4.69, 9.17) is 0 Å². The van der Waals surface area contributed by atoms with Gasteiger partial charge in [0, 0.05) is 29.8 Å². The van der Waals surface area contributed by atoms with Crippen molar-refractivity contribution in [1.29, 1.82) is 0 Å². The first-order valence-electron chi connectivity index (χ1n) is 9.31. The highest BCUT2D eigenvalue weighted by Gasteiger charge is 2.73. The molecule has 2 atom stereocenters. The second-order valence-corrected chi connectivity index (χ2v) is 7.60. The van der Waals surface area contributed by atoms with Crippen LogP contribution in [0.25, 0.3) is 0 Å². The van der Waals surface area contributed by atoms with Crippen LogP contribution >= 0.6 is 0 Å². The quantitative estimate of drug-likeness (QED) is 0.520. The minimum absolute atomic E-state index is 0.00112. The Bertz CT molecular complexity index is 874. The maximum Gasteiger partial charge on any atom is 0.435 e. The molecule has 156 valence electrons. The lowest BCUT2D eigenvalue weighted by molar-refractivity contribution is -0.348. The van der Waals surface area contributed by atoms with Gasteiger partial charge in [0.05, 0.1) is 0 Å². The van der Waals surface area contributed by atoms with Crippen LogP contribution in [0.4, 0.5) is 36.4 Å². The van der Waals surface area contributed by atoms with Gasteiger partial charge in [-0.25, -0.2) is 4.39 Å². The fourth-order valence-electron chi connectivity index (χ4n) is 4.70. The molecule has 0 bridgehead atoms. The van der Waals surface area contributed by atoms with Crippen molar-refractivity contribution in [1.82, 2.24) is 0 Å². The summed E-state index contributed by atoms with van der Waals surface area (Å²) in [5, 5.41) is 0. The van der Waals surface area contributed by atoms with E-state index in [9.17, 15) is 30.7 Å². The van der Waals surface area contributed by atoms with E-state index in [1.54, 1.807) is 0 Å². The molecular formula is C21H18F7N. The molecule has 4 rings (SSSR count). The third kappa shape index (κ3) is 3.07. The van der Waals surface area contributed by atoms with E-state index in [2.05, 4.69) is 4.90 Å². The molecule has 2 aromatic rings. The fraction of sp³-hybridized carbons (Fsp3) is 0.429. The maximum atomic E-state index is 14.4. The standard InChI is InChI=1S/C21H18F7N/c22-19(20(23,24)25,21(26,27)28)14-7-8-16-13(12-14)6-9-18-17(16)10-11-29(18)15-4-2-1-3-5-15/h1-5,7-8,12,17-18H,6,9-11H2/t17-,18?/m0/s1. The first-order valence-corrected chi connectivity index (χ1v) is 9.31. The first kappa shape index (κ1) is 20.0.